The molecule has 1 saturated carbocycles. The van der Waals surface area contributed by atoms with E-state index in [0.717, 1.165) is 48.3 Å². The van der Waals surface area contributed by atoms with E-state index >= 15 is 0 Å². The Morgan fingerprint density at radius 1 is 0.944 bits per heavy atom. The lowest BCUT2D eigenvalue weighted by molar-refractivity contribution is -0.134. The van der Waals surface area contributed by atoms with Gasteiger partial charge in [-0.05, 0) is 54.8 Å². The van der Waals surface area contributed by atoms with E-state index < -0.39 is 0 Å². The molecule has 0 spiro atoms. The average molecular weight is 509 g/mol. The molecular formula is C27H32N4O4S. The van der Waals surface area contributed by atoms with Gasteiger partial charge in [-0.1, -0.05) is 42.7 Å². The number of aromatic nitrogens is 2. The van der Waals surface area contributed by atoms with E-state index in [1.807, 2.05) is 53.4 Å². The summed E-state index contributed by atoms with van der Waals surface area (Å²) in [7, 11) is 3.24. The summed E-state index contributed by atoms with van der Waals surface area (Å²) in [5, 5.41) is 12.3. The number of hydrogen-bond acceptors (Lipinski definition) is 7. The Hall–Kier alpha value is -3.46. The number of ether oxygens (including phenoxy) is 2. The molecule has 1 aliphatic carbocycles. The molecule has 0 unspecified atom stereocenters. The minimum Gasteiger partial charge on any atom is -0.497 e. The Labute approximate surface area is 215 Å². The van der Waals surface area contributed by atoms with Crippen molar-refractivity contribution in [1.82, 2.24) is 15.1 Å². The van der Waals surface area contributed by atoms with Gasteiger partial charge in [-0.3, -0.25) is 9.59 Å². The molecule has 36 heavy (non-hydrogen) atoms. The second-order valence-corrected chi connectivity index (χ2v) is 9.82. The quantitative estimate of drug-likeness (QED) is 0.416. The van der Waals surface area contributed by atoms with E-state index in [4.69, 9.17) is 9.47 Å². The second kappa shape index (κ2) is 12.5. The minimum absolute atomic E-state index is 0.0533. The van der Waals surface area contributed by atoms with Crippen LogP contribution in [0.3, 0.4) is 0 Å². The van der Waals surface area contributed by atoms with Crippen molar-refractivity contribution in [2.75, 3.05) is 26.1 Å². The topological polar surface area (TPSA) is 93.7 Å². The highest BCUT2D eigenvalue weighted by molar-refractivity contribution is 7.18. The fraction of sp³-hybridized carbons (Fsp3) is 0.407. The van der Waals surface area contributed by atoms with Gasteiger partial charge in [0.25, 0.3) is 0 Å². The summed E-state index contributed by atoms with van der Waals surface area (Å²) in [5.41, 5.74) is 1.84. The molecule has 0 saturated heterocycles. The lowest BCUT2D eigenvalue weighted by Crippen LogP contribution is -2.43. The molecule has 1 aliphatic rings. The summed E-state index contributed by atoms with van der Waals surface area (Å²) in [6.07, 6.45) is 5.91. The molecule has 1 aromatic heterocycles. The highest BCUT2D eigenvalue weighted by Gasteiger charge is 2.26. The van der Waals surface area contributed by atoms with Crippen LogP contribution in [0.1, 0.15) is 44.1 Å². The van der Waals surface area contributed by atoms with Gasteiger partial charge in [0.2, 0.25) is 16.9 Å². The number of methoxy groups -OCH3 is 2. The molecule has 1 fully saturated rings. The first-order chi connectivity index (χ1) is 17.6. The number of carbonyl (C=O) groups excluding carboxylic acids is 2. The molecule has 9 heteroatoms. The molecule has 1 N–H and O–H groups in total. The largest absolute Gasteiger partial charge is 0.497 e. The van der Waals surface area contributed by atoms with E-state index in [2.05, 4.69) is 15.5 Å². The third-order valence-electron chi connectivity index (χ3n) is 6.44. The van der Waals surface area contributed by atoms with Crippen LogP contribution in [0.4, 0.5) is 5.13 Å². The predicted molar refractivity (Wildman–Crippen MR) is 140 cm³/mol. The van der Waals surface area contributed by atoms with Crippen molar-refractivity contribution in [1.29, 1.82) is 0 Å². The Kier molecular flexibility index (Phi) is 8.89. The standard InChI is InChI=1S/C27H32N4O4S/c1-34-22-12-8-19(9-13-22)18-25(33)31(21-6-4-3-5-7-21)17-16-24(32)28-27-30-29-26(36-27)20-10-14-23(35-2)15-11-20/h8-15,21H,3-7,16-18H2,1-2H3,(H,28,30,32). The normalized spacial score (nSPS) is 13.7. The maximum absolute atomic E-state index is 13.3. The number of hydrogen-bond donors (Lipinski definition) is 1. The number of nitrogens with one attached hydrogen (secondary N) is 1. The van der Waals surface area contributed by atoms with Crippen LogP contribution >= 0.6 is 11.3 Å². The fourth-order valence-corrected chi connectivity index (χ4v) is 5.22. The van der Waals surface area contributed by atoms with Crippen LogP contribution in [0.2, 0.25) is 0 Å². The summed E-state index contributed by atoms with van der Waals surface area (Å²) in [4.78, 5) is 27.9. The highest BCUT2D eigenvalue weighted by atomic mass is 32.1. The number of anilines is 1. The average Bonchev–Trinajstić information content (AvgIpc) is 3.38. The Morgan fingerprint density at radius 3 is 2.22 bits per heavy atom. The molecule has 4 rings (SSSR count). The zero-order valence-corrected chi connectivity index (χ0v) is 21.6. The third kappa shape index (κ3) is 6.81. The number of carbonyl (C=O) groups is 2. The van der Waals surface area contributed by atoms with Gasteiger partial charge in [-0.2, -0.15) is 0 Å². The van der Waals surface area contributed by atoms with Crippen molar-refractivity contribution in [2.45, 2.75) is 51.0 Å². The summed E-state index contributed by atoms with van der Waals surface area (Å²) in [5.74, 6) is 1.41. The van der Waals surface area contributed by atoms with Crippen LogP contribution in [-0.4, -0.2) is 53.7 Å². The molecule has 0 atom stereocenters. The molecular weight excluding hydrogens is 476 g/mol. The smallest absolute Gasteiger partial charge is 0.227 e. The van der Waals surface area contributed by atoms with Crippen molar-refractivity contribution < 1.29 is 19.1 Å². The van der Waals surface area contributed by atoms with Gasteiger partial charge >= 0.3 is 0 Å². The summed E-state index contributed by atoms with van der Waals surface area (Å²) in [6, 6.07) is 15.3. The second-order valence-electron chi connectivity index (χ2n) is 8.84. The van der Waals surface area contributed by atoms with Gasteiger partial charge in [-0.25, -0.2) is 0 Å². The Morgan fingerprint density at radius 2 is 1.58 bits per heavy atom. The van der Waals surface area contributed by atoms with Gasteiger partial charge in [0.1, 0.15) is 16.5 Å². The summed E-state index contributed by atoms with van der Waals surface area (Å²) in [6.45, 7) is 0.385. The number of rotatable bonds is 10. The summed E-state index contributed by atoms with van der Waals surface area (Å²) < 4.78 is 10.4. The molecule has 3 aromatic rings. The van der Waals surface area contributed by atoms with Crippen molar-refractivity contribution in [3.63, 3.8) is 0 Å². The summed E-state index contributed by atoms with van der Waals surface area (Å²) >= 11 is 1.32. The fourth-order valence-electron chi connectivity index (χ4n) is 4.45. The maximum atomic E-state index is 13.3. The van der Waals surface area contributed by atoms with Gasteiger partial charge in [0.15, 0.2) is 0 Å². The maximum Gasteiger partial charge on any atom is 0.227 e. The molecule has 0 bridgehead atoms. The third-order valence-corrected chi connectivity index (χ3v) is 7.33. The van der Waals surface area contributed by atoms with Gasteiger partial charge in [0, 0.05) is 24.6 Å². The first-order valence-electron chi connectivity index (χ1n) is 12.3. The number of amides is 2. The Balaban J connectivity index is 1.36. The van der Waals surface area contributed by atoms with Crippen molar-refractivity contribution in [2.24, 2.45) is 0 Å². The minimum atomic E-state index is -0.175. The zero-order valence-electron chi connectivity index (χ0n) is 20.7. The number of nitrogens with zero attached hydrogens (tertiary/aromatic N) is 3. The van der Waals surface area contributed by atoms with E-state index in [-0.39, 0.29) is 24.3 Å². The van der Waals surface area contributed by atoms with Crippen LogP contribution in [0.15, 0.2) is 48.5 Å². The molecule has 0 aliphatic heterocycles. The first-order valence-corrected chi connectivity index (χ1v) is 13.1. The van der Waals surface area contributed by atoms with Gasteiger partial charge in [0.05, 0.1) is 20.6 Å². The lowest BCUT2D eigenvalue weighted by Gasteiger charge is -2.34. The van der Waals surface area contributed by atoms with Crippen LogP contribution in [0, 0.1) is 0 Å². The molecule has 1 heterocycles. The molecule has 2 amide bonds. The zero-order chi connectivity index (χ0) is 25.3. The van der Waals surface area contributed by atoms with Crippen molar-refractivity contribution in [3.8, 4) is 22.1 Å². The number of benzene rings is 2. The Bertz CT molecular complexity index is 1140. The van der Waals surface area contributed by atoms with Crippen LogP contribution in [0.25, 0.3) is 10.6 Å². The van der Waals surface area contributed by atoms with Crippen LogP contribution in [0.5, 0.6) is 11.5 Å². The van der Waals surface area contributed by atoms with Gasteiger partial charge in [-0.15, -0.1) is 10.2 Å². The van der Waals surface area contributed by atoms with Crippen LogP contribution in [-0.2, 0) is 16.0 Å². The molecule has 0 radical (unpaired) electrons. The molecule has 8 nitrogen and oxygen atoms in total. The first kappa shape index (κ1) is 25.6. The van der Waals surface area contributed by atoms with E-state index in [1.54, 1.807) is 14.2 Å². The molecule has 190 valence electrons. The highest BCUT2D eigenvalue weighted by Crippen LogP contribution is 2.28. The molecule has 2 aromatic carbocycles. The van der Waals surface area contributed by atoms with Gasteiger partial charge < -0.3 is 19.7 Å². The van der Waals surface area contributed by atoms with E-state index in [9.17, 15) is 9.59 Å². The predicted octanol–water partition coefficient (Wildman–Crippen LogP) is 4.95. The SMILES string of the molecule is COc1ccc(CC(=O)N(CCC(=O)Nc2nnc(-c3ccc(OC)cc3)s2)C2CCCCC2)cc1. The van der Waals surface area contributed by atoms with E-state index in [1.165, 1.54) is 17.8 Å². The van der Waals surface area contributed by atoms with Crippen molar-refractivity contribution >= 4 is 28.3 Å². The van der Waals surface area contributed by atoms with E-state index in [0.29, 0.717) is 23.1 Å². The lowest BCUT2D eigenvalue weighted by atomic mass is 9.93. The van der Waals surface area contributed by atoms with Crippen molar-refractivity contribution in [3.05, 3.63) is 54.1 Å². The monoisotopic (exact) mass is 508 g/mol. The van der Waals surface area contributed by atoms with Crippen LogP contribution < -0.4 is 14.8 Å².